The van der Waals surface area contributed by atoms with Crippen molar-refractivity contribution < 1.29 is 14.2 Å². The highest BCUT2D eigenvalue weighted by atomic mass is 127. The number of hydrogen-bond acceptors (Lipinski definition) is 4. The standard InChI is InChI=1S/C18H29N3O3.HI/c1-19-18(20-12-16-6-4-5-7-17(16)23-3)21-9-8-15(13-21)14-24-11-10-22-2;/h4-7,15H,8-14H2,1-3H3,(H,19,20);1H. The number of ether oxygens (including phenoxy) is 3. The lowest BCUT2D eigenvalue weighted by Crippen LogP contribution is -2.39. The summed E-state index contributed by atoms with van der Waals surface area (Å²) in [7, 11) is 5.22. The van der Waals surface area contributed by atoms with Gasteiger partial charge in [0.1, 0.15) is 5.75 Å². The van der Waals surface area contributed by atoms with Crippen molar-refractivity contribution in [3.63, 3.8) is 0 Å². The van der Waals surface area contributed by atoms with Crippen molar-refractivity contribution >= 4 is 29.9 Å². The van der Waals surface area contributed by atoms with Crippen LogP contribution < -0.4 is 10.1 Å². The van der Waals surface area contributed by atoms with E-state index in [4.69, 9.17) is 14.2 Å². The molecule has 0 aliphatic carbocycles. The van der Waals surface area contributed by atoms with Gasteiger partial charge < -0.3 is 24.4 Å². The van der Waals surface area contributed by atoms with Crippen LogP contribution in [0.5, 0.6) is 5.75 Å². The molecule has 1 atom stereocenters. The first kappa shape index (κ1) is 22.0. The molecule has 0 radical (unpaired) electrons. The zero-order valence-electron chi connectivity index (χ0n) is 15.4. The molecule has 0 bridgehead atoms. The van der Waals surface area contributed by atoms with E-state index in [1.807, 2.05) is 25.2 Å². The molecule has 0 saturated carbocycles. The number of nitrogens with zero attached hydrogens (tertiary/aromatic N) is 2. The zero-order valence-corrected chi connectivity index (χ0v) is 17.7. The van der Waals surface area contributed by atoms with Crippen LogP contribution in [-0.4, -0.2) is 65.0 Å². The fourth-order valence-corrected chi connectivity index (χ4v) is 2.91. The Hall–Kier alpha value is -1.06. The summed E-state index contributed by atoms with van der Waals surface area (Å²) in [5.74, 6) is 2.37. The van der Waals surface area contributed by atoms with E-state index in [2.05, 4.69) is 21.3 Å². The zero-order chi connectivity index (χ0) is 17.2. The Bertz CT molecular complexity index is 528. The second-order valence-electron chi connectivity index (χ2n) is 5.88. The molecule has 0 aromatic heterocycles. The predicted molar refractivity (Wildman–Crippen MR) is 111 cm³/mol. The van der Waals surface area contributed by atoms with Crippen LogP contribution in [-0.2, 0) is 16.0 Å². The molecule has 25 heavy (non-hydrogen) atoms. The maximum atomic E-state index is 5.65. The third kappa shape index (κ3) is 6.99. The van der Waals surface area contributed by atoms with E-state index in [0.29, 0.717) is 25.7 Å². The molecule has 2 rings (SSSR count). The highest BCUT2D eigenvalue weighted by molar-refractivity contribution is 14.0. The topological polar surface area (TPSA) is 55.3 Å². The molecule has 142 valence electrons. The molecule has 1 aliphatic heterocycles. The van der Waals surface area contributed by atoms with Gasteiger partial charge in [-0.3, -0.25) is 4.99 Å². The van der Waals surface area contributed by atoms with Gasteiger partial charge in [0.25, 0.3) is 0 Å². The largest absolute Gasteiger partial charge is 0.496 e. The number of likely N-dealkylation sites (tertiary alicyclic amines) is 1. The summed E-state index contributed by atoms with van der Waals surface area (Å²) in [6.07, 6.45) is 1.13. The summed E-state index contributed by atoms with van der Waals surface area (Å²) in [6, 6.07) is 8.04. The van der Waals surface area contributed by atoms with Gasteiger partial charge in [0, 0.05) is 45.3 Å². The normalized spacial score (nSPS) is 17.3. The van der Waals surface area contributed by atoms with Gasteiger partial charge in [0.15, 0.2) is 5.96 Å². The monoisotopic (exact) mass is 463 g/mol. The maximum Gasteiger partial charge on any atom is 0.193 e. The van der Waals surface area contributed by atoms with E-state index >= 15 is 0 Å². The molecule has 1 unspecified atom stereocenters. The number of nitrogens with one attached hydrogen (secondary N) is 1. The fourth-order valence-electron chi connectivity index (χ4n) is 2.91. The van der Waals surface area contributed by atoms with Crippen LogP contribution in [0, 0.1) is 5.92 Å². The van der Waals surface area contributed by atoms with Crippen LogP contribution in [0.25, 0.3) is 0 Å². The van der Waals surface area contributed by atoms with E-state index in [9.17, 15) is 0 Å². The minimum atomic E-state index is 0. The third-order valence-corrected chi connectivity index (χ3v) is 4.21. The lowest BCUT2D eigenvalue weighted by Gasteiger charge is -2.22. The number of methoxy groups -OCH3 is 2. The molecular weight excluding hydrogens is 433 g/mol. The van der Waals surface area contributed by atoms with Gasteiger partial charge in [0.2, 0.25) is 0 Å². The summed E-state index contributed by atoms with van der Waals surface area (Å²) in [5.41, 5.74) is 1.12. The third-order valence-electron chi connectivity index (χ3n) is 4.21. The Morgan fingerprint density at radius 1 is 1.28 bits per heavy atom. The first-order valence-electron chi connectivity index (χ1n) is 8.42. The Labute approximate surface area is 167 Å². The number of benzene rings is 1. The van der Waals surface area contributed by atoms with E-state index < -0.39 is 0 Å². The Kier molecular flexibility index (Phi) is 10.8. The van der Waals surface area contributed by atoms with Gasteiger partial charge in [-0.2, -0.15) is 0 Å². The first-order chi connectivity index (χ1) is 11.8. The van der Waals surface area contributed by atoms with Crippen molar-refractivity contribution in [1.29, 1.82) is 0 Å². The van der Waals surface area contributed by atoms with Crippen LogP contribution in [0.1, 0.15) is 12.0 Å². The van der Waals surface area contributed by atoms with Crippen molar-refractivity contribution in [2.75, 3.05) is 54.2 Å². The van der Waals surface area contributed by atoms with Crippen LogP contribution in [0.15, 0.2) is 29.3 Å². The van der Waals surface area contributed by atoms with Crippen molar-refractivity contribution in [3.8, 4) is 5.75 Å². The van der Waals surface area contributed by atoms with Crippen molar-refractivity contribution in [2.24, 2.45) is 10.9 Å². The molecule has 1 heterocycles. The summed E-state index contributed by atoms with van der Waals surface area (Å²) in [6.45, 7) is 4.76. The number of rotatable bonds is 8. The quantitative estimate of drug-likeness (QED) is 0.278. The molecule has 1 aromatic rings. The van der Waals surface area contributed by atoms with Crippen molar-refractivity contribution in [1.82, 2.24) is 10.2 Å². The molecule has 0 amide bonds. The number of hydrogen-bond donors (Lipinski definition) is 1. The molecule has 1 N–H and O–H groups in total. The Morgan fingerprint density at radius 2 is 2.08 bits per heavy atom. The molecule has 1 aliphatic rings. The highest BCUT2D eigenvalue weighted by Gasteiger charge is 2.25. The maximum absolute atomic E-state index is 5.65. The van der Waals surface area contributed by atoms with Gasteiger partial charge in [-0.1, -0.05) is 18.2 Å². The minimum absolute atomic E-state index is 0. The SMILES string of the molecule is CN=C(NCc1ccccc1OC)N1CCC(COCCOC)C1.I. The van der Waals surface area contributed by atoms with Crippen molar-refractivity contribution in [3.05, 3.63) is 29.8 Å². The number of guanidine groups is 1. The van der Waals surface area contributed by atoms with Crippen LogP contribution >= 0.6 is 24.0 Å². The molecule has 0 spiro atoms. The van der Waals surface area contributed by atoms with E-state index in [0.717, 1.165) is 43.4 Å². The van der Waals surface area contributed by atoms with Gasteiger partial charge in [0.05, 0.1) is 26.9 Å². The van der Waals surface area contributed by atoms with Gasteiger partial charge in [-0.25, -0.2) is 0 Å². The Morgan fingerprint density at radius 3 is 2.80 bits per heavy atom. The molecule has 7 heteroatoms. The average Bonchev–Trinajstić information content (AvgIpc) is 3.08. The average molecular weight is 463 g/mol. The highest BCUT2D eigenvalue weighted by Crippen LogP contribution is 2.19. The van der Waals surface area contributed by atoms with E-state index in [1.54, 1.807) is 14.2 Å². The van der Waals surface area contributed by atoms with E-state index in [1.165, 1.54) is 0 Å². The summed E-state index contributed by atoms with van der Waals surface area (Å²) < 4.78 is 16.0. The smallest absolute Gasteiger partial charge is 0.193 e. The van der Waals surface area contributed by atoms with Crippen LogP contribution in [0.4, 0.5) is 0 Å². The lowest BCUT2D eigenvalue weighted by molar-refractivity contribution is 0.0536. The van der Waals surface area contributed by atoms with Crippen LogP contribution in [0.2, 0.25) is 0 Å². The van der Waals surface area contributed by atoms with Gasteiger partial charge in [-0.05, 0) is 12.5 Å². The van der Waals surface area contributed by atoms with Gasteiger partial charge >= 0.3 is 0 Å². The number of para-hydroxylation sites is 1. The predicted octanol–water partition coefficient (Wildman–Crippen LogP) is 2.37. The summed E-state index contributed by atoms with van der Waals surface area (Å²) in [5, 5.41) is 3.43. The number of aliphatic imine (C=N–C) groups is 1. The summed E-state index contributed by atoms with van der Waals surface area (Å²) >= 11 is 0. The van der Waals surface area contributed by atoms with Crippen molar-refractivity contribution in [2.45, 2.75) is 13.0 Å². The second-order valence-corrected chi connectivity index (χ2v) is 5.88. The fraction of sp³-hybridized carbons (Fsp3) is 0.611. The molecule has 1 saturated heterocycles. The minimum Gasteiger partial charge on any atom is -0.496 e. The van der Waals surface area contributed by atoms with Crippen LogP contribution in [0.3, 0.4) is 0 Å². The molecular formula is C18H30IN3O3. The first-order valence-corrected chi connectivity index (χ1v) is 8.42. The molecule has 1 aromatic carbocycles. The lowest BCUT2D eigenvalue weighted by atomic mass is 10.1. The molecule has 1 fully saturated rings. The van der Waals surface area contributed by atoms with E-state index in [-0.39, 0.29) is 24.0 Å². The summed E-state index contributed by atoms with van der Waals surface area (Å²) in [4.78, 5) is 6.71. The second kappa shape index (κ2) is 12.3. The number of halogens is 1. The Balaban J connectivity index is 0.00000312. The van der Waals surface area contributed by atoms with Gasteiger partial charge in [-0.15, -0.1) is 24.0 Å². The molecule has 6 nitrogen and oxygen atoms in total.